The Hall–Kier alpha value is -1.99. The molecule has 1 saturated heterocycles. The molecule has 0 spiro atoms. The molecule has 4 rings (SSSR count). The van der Waals surface area contributed by atoms with E-state index < -0.39 is 0 Å². The summed E-state index contributed by atoms with van der Waals surface area (Å²) in [5, 5.41) is 4.29. The van der Waals surface area contributed by atoms with Gasteiger partial charge >= 0.3 is 0 Å². The van der Waals surface area contributed by atoms with Crippen molar-refractivity contribution in [2.75, 3.05) is 18.1 Å². The average Bonchev–Trinajstić information content (AvgIpc) is 3.23. The molecule has 3 aromatic rings. The molecule has 1 aliphatic rings. The lowest BCUT2D eigenvalue weighted by Crippen LogP contribution is -2.34. The largest absolute Gasteiger partial charge is 0.375 e. The summed E-state index contributed by atoms with van der Waals surface area (Å²) in [6.45, 7) is 2.33. The SMILES string of the molecule is Brc1cccc(COC[C@H]2CCCN2c2ccnc3ncnn23)c1. The molecule has 124 valence electrons. The zero-order valence-electron chi connectivity index (χ0n) is 13.2. The summed E-state index contributed by atoms with van der Waals surface area (Å²) in [5.74, 6) is 1.67. The normalized spacial score (nSPS) is 17.7. The first kappa shape index (κ1) is 15.5. The molecular weight excluding hydrogens is 370 g/mol. The van der Waals surface area contributed by atoms with Crippen LogP contribution >= 0.6 is 15.9 Å². The monoisotopic (exact) mass is 387 g/mol. The highest BCUT2D eigenvalue weighted by molar-refractivity contribution is 9.10. The predicted molar refractivity (Wildman–Crippen MR) is 94.9 cm³/mol. The fraction of sp³-hybridized carbons (Fsp3) is 0.353. The standard InChI is InChI=1S/C17H18BrN5O/c18-14-4-1-3-13(9-14)10-24-11-15-5-2-8-22(15)16-6-7-19-17-20-12-21-23(16)17/h1,3-4,6-7,9,12,15H,2,5,8,10-11H2/t15-/m1/s1. The molecule has 1 atom stereocenters. The number of hydrogen-bond donors (Lipinski definition) is 0. The molecule has 0 saturated carbocycles. The van der Waals surface area contributed by atoms with Gasteiger partial charge in [0.1, 0.15) is 12.1 Å². The number of aromatic nitrogens is 4. The minimum Gasteiger partial charge on any atom is -0.375 e. The number of rotatable bonds is 5. The van der Waals surface area contributed by atoms with E-state index in [-0.39, 0.29) is 0 Å². The van der Waals surface area contributed by atoms with Gasteiger partial charge in [-0.15, -0.1) is 0 Å². The summed E-state index contributed by atoms with van der Waals surface area (Å²) in [5.41, 5.74) is 1.18. The van der Waals surface area contributed by atoms with Crippen molar-refractivity contribution in [3.8, 4) is 0 Å². The summed E-state index contributed by atoms with van der Waals surface area (Å²) in [7, 11) is 0. The molecule has 0 bridgehead atoms. The van der Waals surface area contributed by atoms with E-state index in [9.17, 15) is 0 Å². The van der Waals surface area contributed by atoms with E-state index in [1.54, 1.807) is 17.0 Å². The van der Waals surface area contributed by atoms with Crippen LogP contribution in [0, 0.1) is 0 Å². The summed E-state index contributed by atoms with van der Waals surface area (Å²) < 4.78 is 8.86. The van der Waals surface area contributed by atoms with Gasteiger partial charge in [0.15, 0.2) is 0 Å². The maximum Gasteiger partial charge on any atom is 0.254 e. The van der Waals surface area contributed by atoms with Gasteiger partial charge in [0.2, 0.25) is 0 Å². The van der Waals surface area contributed by atoms with Gasteiger partial charge in [-0.05, 0) is 36.6 Å². The van der Waals surface area contributed by atoms with Gasteiger partial charge in [-0.1, -0.05) is 28.1 Å². The van der Waals surface area contributed by atoms with E-state index in [1.807, 2.05) is 18.2 Å². The number of fused-ring (bicyclic) bond motifs is 1. The zero-order chi connectivity index (χ0) is 16.4. The molecule has 0 N–H and O–H groups in total. The van der Waals surface area contributed by atoms with E-state index in [1.165, 1.54) is 5.56 Å². The van der Waals surface area contributed by atoms with Crippen molar-refractivity contribution in [3.05, 3.63) is 52.9 Å². The highest BCUT2D eigenvalue weighted by Gasteiger charge is 2.27. The Bertz CT molecular complexity index is 836. The number of anilines is 1. The second kappa shape index (κ2) is 6.86. The Morgan fingerprint density at radius 3 is 3.12 bits per heavy atom. The first-order valence-electron chi connectivity index (χ1n) is 8.05. The van der Waals surface area contributed by atoms with Gasteiger partial charge in [-0.25, -0.2) is 4.98 Å². The predicted octanol–water partition coefficient (Wildman–Crippen LogP) is 3.07. The van der Waals surface area contributed by atoms with Crippen molar-refractivity contribution in [2.24, 2.45) is 0 Å². The smallest absolute Gasteiger partial charge is 0.254 e. The van der Waals surface area contributed by atoms with Crippen molar-refractivity contribution in [1.82, 2.24) is 19.6 Å². The third-order valence-electron chi connectivity index (χ3n) is 4.30. The summed E-state index contributed by atoms with van der Waals surface area (Å²) in [4.78, 5) is 10.8. The molecule has 0 radical (unpaired) electrons. The molecule has 6 nitrogen and oxygen atoms in total. The van der Waals surface area contributed by atoms with E-state index in [2.05, 4.69) is 48.0 Å². The number of nitrogens with zero attached hydrogens (tertiary/aromatic N) is 5. The van der Waals surface area contributed by atoms with Crippen molar-refractivity contribution < 1.29 is 4.74 Å². The van der Waals surface area contributed by atoms with Crippen molar-refractivity contribution in [1.29, 1.82) is 0 Å². The van der Waals surface area contributed by atoms with Crippen LogP contribution in [0.1, 0.15) is 18.4 Å². The van der Waals surface area contributed by atoms with Crippen LogP contribution in [0.3, 0.4) is 0 Å². The Labute approximate surface area is 148 Å². The second-order valence-electron chi connectivity index (χ2n) is 5.91. The van der Waals surface area contributed by atoms with Gasteiger partial charge < -0.3 is 9.64 Å². The fourth-order valence-electron chi connectivity index (χ4n) is 3.19. The third-order valence-corrected chi connectivity index (χ3v) is 4.79. The van der Waals surface area contributed by atoms with Gasteiger partial charge in [0, 0.05) is 17.2 Å². The van der Waals surface area contributed by atoms with Crippen LogP contribution < -0.4 is 4.90 Å². The molecule has 7 heteroatoms. The van der Waals surface area contributed by atoms with Gasteiger partial charge in [-0.2, -0.15) is 14.6 Å². The maximum absolute atomic E-state index is 5.98. The molecule has 0 unspecified atom stereocenters. The van der Waals surface area contributed by atoms with E-state index in [0.717, 1.165) is 29.7 Å². The van der Waals surface area contributed by atoms with Gasteiger partial charge in [0.05, 0.1) is 19.3 Å². The molecular formula is C17H18BrN5O. The lowest BCUT2D eigenvalue weighted by atomic mass is 10.2. The Morgan fingerprint density at radius 1 is 1.25 bits per heavy atom. The maximum atomic E-state index is 5.98. The number of ether oxygens (including phenoxy) is 1. The molecule has 1 aliphatic heterocycles. The number of benzene rings is 1. The Morgan fingerprint density at radius 2 is 2.21 bits per heavy atom. The lowest BCUT2D eigenvalue weighted by Gasteiger charge is -2.26. The molecule has 1 aromatic carbocycles. The summed E-state index contributed by atoms with van der Waals surface area (Å²) >= 11 is 3.49. The first-order chi connectivity index (χ1) is 11.8. The van der Waals surface area contributed by atoms with Crippen LogP contribution in [-0.4, -0.2) is 38.8 Å². The molecule has 24 heavy (non-hydrogen) atoms. The Balaban J connectivity index is 1.44. The number of hydrogen-bond acceptors (Lipinski definition) is 5. The Kier molecular flexibility index (Phi) is 4.44. The first-order valence-corrected chi connectivity index (χ1v) is 8.84. The highest BCUT2D eigenvalue weighted by atomic mass is 79.9. The van der Waals surface area contributed by atoms with Crippen molar-refractivity contribution in [3.63, 3.8) is 0 Å². The summed E-state index contributed by atoms with van der Waals surface area (Å²) in [6, 6.07) is 10.6. The minimum absolute atomic E-state index is 0.354. The molecule has 3 heterocycles. The van der Waals surface area contributed by atoms with Crippen LogP contribution in [0.5, 0.6) is 0 Å². The van der Waals surface area contributed by atoms with Crippen molar-refractivity contribution in [2.45, 2.75) is 25.5 Å². The fourth-order valence-corrected chi connectivity index (χ4v) is 3.64. The van der Waals surface area contributed by atoms with Crippen LogP contribution in [0.4, 0.5) is 5.82 Å². The van der Waals surface area contributed by atoms with E-state index >= 15 is 0 Å². The molecule has 0 aliphatic carbocycles. The second-order valence-corrected chi connectivity index (χ2v) is 6.83. The van der Waals surface area contributed by atoms with Crippen LogP contribution in [-0.2, 0) is 11.3 Å². The van der Waals surface area contributed by atoms with E-state index in [0.29, 0.717) is 25.0 Å². The van der Waals surface area contributed by atoms with Gasteiger partial charge in [0.25, 0.3) is 5.78 Å². The average molecular weight is 388 g/mol. The molecule has 0 amide bonds. The van der Waals surface area contributed by atoms with Crippen LogP contribution in [0.25, 0.3) is 5.78 Å². The summed E-state index contributed by atoms with van der Waals surface area (Å²) in [6.07, 6.45) is 5.61. The molecule has 1 fully saturated rings. The van der Waals surface area contributed by atoms with Crippen LogP contribution in [0.2, 0.25) is 0 Å². The highest BCUT2D eigenvalue weighted by Crippen LogP contribution is 2.25. The topological polar surface area (TPSA) is 55.5 Å². The lowest BCUT2D eigenvalue weighted by molar-refractivity contribution is 0.108. The van der Waals surface area contributed by atoms with Crippen molar-refractivity contribution >= 4 is 27.5 Å². The molecule has 2 aromatic heterocycles. The van der Waals surface area contributed by atoms with Crippen LogP contribution in [0.15, 0.2) is 47.3 Å². The van der Waals surface area contributed by atoms with E-state index in [4.69, 9.17) is 4.74 Å². The third kappa shape index (κ3) is 3.14. The van der Waals surface area contributed by atoms with Gasteiger partial charge in [-0.3, -0.25) is 0 Å². The minimum atomic E-state index is 0.354. The number of halogens is 1. The quantitative estimate of drug-likeness (QED) is 0.673. The zero-order valence-corrected chi connectivity index (χ0v) is 14.8.